The van der Waals surface area contributed by atoms with Gasteiger partial charge in [-0.2, -0.15) is 0 Å². The van der Waals surface area contributed by atoms with E-state index in [1.807, 2.05) is 0 Å². The van der Waals surface area contributed by atoms with Crippen molar-refractivity contribution in [1.29, 1.82) is 0 Å². The Morgan fingerprint density at radius 1 is 1.47 bits per heavy atom. The summed E-state index contributed by atoms with van der Waals surface area (Å²) in [5.41, 5.74) is 5.75. The summed E-state index contributed by atoms with van der Waals surface area (Å²) in [5, 5.41) is 0. The highest BCUT2D eigenvalue weighted by Crippen LogP contribution is 2.26. The van der Waals surface area contributed by atoms with Crippen LogP contribution in [-0.4, -0.2) is 32.5 Å². The van der Waals surface area contributed by atoms with Crippen molar-refractivity contribution in [2.75, 3.05) is 26.9 Å². The summed E-state index contributed by atoms with van der Waals surface area (Å²) < 4.78 is 30.2. The first kappa shape index (κ1) is 14.2. The maximum Gasteiger partial charge on any atom is 0.170 e. The second kappa shape index (κ2) is 6.32. The highest BCUT2D eigenvalue weighted by Gasteiger charge is 2.32. The van der Waals surface area contributed by atoms with Crippen molar-refractivity contribution in [2.24, 2.45) is 5.73 Å². The van der Waals surface area contributed by atoms with E-state index in [1.54, 1.807) is 18.2 Å². The molecule has 2 rings (SSSR count). The van der Waals surface area contributed by atoms with Gasteiger partial charge in [-0.15, -0.1) is 0 Å². The van der Waals surface area contributed by atoms with Crippen LogP contribution in [0.1, 0.15) is 18.4 Å². The molecule has 1 heterocycles. The first-order chi connectivity index (χ1) is 9.21. The molecule has 1 aromatic carbocycles. The molecular formula is C14H20FNO3. The first-order valence-corrected chi connectivity index (χ1v) is 6.44. The van der Waals surface area contributed by atoms with Crippen LogP contribution in [0, 0.1) is 5.82 Å². The molecule has 1 aliphatic rings. The lowest BCUT2D eigenvalue weighted by Crippen LogP contribution is -2.47. The Morgan fingerprint density at radius 2 is 2.32 bits per heavy atom. The molecule has 0 bridgehead atoms. The fourth-order valence-corrected chi connectivity index (χ4v) is 2.22. The average Bonchev–Trinajstić information content (AvgIpc) is 2.47. The van der Waals surface area contributed by atoms with Gasteiger partial charge in [-0.3, -0.25) is 0 Å². The number of hydrogen-bond acceptors (Lipinski definition) is 4. The van der Waals surface area contributed by atoms with Crippen LogP contribution in [0.25, 0.3) is 0 Å². The Balaban J connectivity index is 2.05. The van der Waals surface area contributed by atoms with Gasteiger partial charge in [-0.25, -0.2) is 4.39 Å². The topological polar surface area (TPSA) is 53.7 Å². The zero-order valence-corrected chi connectivity index (χ0v) is 11.2. The summed E-state index contributed by atoms with van der Waals surface area (Å²) >= 11 is 0. The van der Waals surface area contributed by atoms with Crippen LogP contribution < -0.4 is 10.5 Å². The summed E-state index contributed by atoms with van der Waals surface area (Å²) in [6.07, 6.45) is 1.76. The predicted molar refractivity (Wildman–Crippen MR) is 69.6 cm³/mol. The van der Waals surface area contributed by atoms with E-state index in [1.165, 1.54) is 7.11 Å². The van der Waals surface area contributed by atoms with E-state index in [9.17, 15) is 4.39 Å². The zero-order valence-electron chi connectivity index (χ0n) is 11.2. The molecular weight excluding hydrogens is 249 g/mol. The van der Waals surface area contributed by atoms with Crippen molar-refractivity contribution < 1.29 is 18.6 Å². The van der Waals surface area contributed by atoms with Gasteiger partial charge in [0.1, 0.15) is 5.60 Å². The number of ether oxygens (including phenoxy) is 3. The number of benzene rings is 1. The van der Waals surface area contributed by atoms with Gasteiger partial charge in [0.05, 0.1) is 20.3 Å². The molecule has 2 N–H and O–H groups in total. The number of rotatable bonds is 5. The molecule has 0 radical (unpaired) electrons. The fourth-order valence-electron chi connectivity index (χ4n) is 2.22. The van der Waals surface area contributed by atoms with Gasteiger partial charge >= 0.3 is 0 Å². The Hall–Kier alpha value is -1.17. The van der Waals surface area contributed by atoms with Gasteiger partial charge in [0.25, 0.3) is 0 Å². The summed E-state index contributed by atoms with van der Waals surface area (Å²) in [7, 11) is 1.44. The lowest BCUT2D eigenvalue weighted by molar-refractivity contribution is -0.130. The van der Waals surface area contributed by atoms with Crippen LogP contribution in [-0.2, 0) is 16.1 Å². The van der Waals surface area contributed by atoms with Crippen molar-refractivity contribution in [3.63, 3.8) is 0 Å². The van der Waals surface area contributed by atoms with E-state index in [0.29, 0.717) is 18.7 Å². The van der Waals surface area contributed by atoms with Crippen LogP contribution in [0.4, 0.5) is 4.39 Å². The molecule has 0 saturated carbocycles. The van der Waals surface area contributed by atoms with Crippen molar-refractivity contribution in [1.82, 2.24) is 0 Å². The third-order valence-electron chi connectivity index (χ3n) is 3.46. The maximum absolute atomic E-state index is 14.0. The zero-order chi connectivity index (χ0) is 13.7. The largest absolute Gasteiger partial charge is 0.494 e. The van der Waals surface area contributed by atoms with Crippen LogP contribution in [0.3, 0.4) is 0 Å². The fraction of sp³-hybridized carbons (Fsp3) is 0.571. The molecule has 0 aromatic heterocycles. The van der Waals surface area contributed by atoms with E-state index in [4.69, 9.17) is 19.9 Å². The van der Waals surface area contributed by atoms with Crippen molar-refractivity contribution in [3.8, 4) is 5.75 Å². The second-order valence-electron chi connectivity index (χ2n) is 4.77. The van der Waals surface area contributed by atoms with E-state index in [-0.39, 0.29) is 18.2 Å². The van der Waals surface area contributed by atoms with Crippen LogP contribution in [0.2, 0.25) is 0 Å². The minimum Gasteiger partial charge on any atom is -0.494 e. The van der Waals surface area contributed by atoms with E-state index >= 15 is 0 Å². The normalized spacial score (nSPS) is 23.3. The van der Waals surface area contributed by atoms with E-state index < -0.39 is 5.60 Å². The van der Waals surface area contributed by atoms with Crippen molar-refractivity contribution in [3.05, 3.63) is 29.6 Å². The molecule has 5 heteroatoms. The van der Waals surface area contributed by atoms with Gasteiger partial charge in [0, 0.05) is 18.7 Å². The number of methoxy groups -OCH3 is 1. The molecule has 0 aliphatic carbocycles. The molecule has 1 unspecified atom stereocenters. The number of hydrogen-bond donors (Lipinski definition) is 1. The lowest BCUT2D eigenvalue weighted by atomic mass is 9.96. The van der Waals surface area contributed by atoms with Crippen molar-refractivity contribution >= 4 is 0 Å². The molecule has 0 amide bonds. The minimum absolute atomic E-state index is 0.170. The quantitative estimate of drug-likeness (QED) is 0.886. The highest BCUT2D eigenvalue weighted by atomic mass is 19.1. The average molecular weight is 269 g/mol. The van der Waals surface area contributed by atoms with Crippen LogP contribution in [0.5, 0.6) is 5.75 Å². The van der Waals surface area contributed by atoms with Gasteiger partial charge in [-0.1, -0.05) is 12.1 Å². The Kier molecular flexibility index (Phi) is 4.74. The van der Waals surface area contributed by atoms with Crippen molar-refractivity contribution in [2.45, 2.75) is 25.0 Å². The van der Waals surface area contributed by atoms with Crippen LogP contribution in [0.15, 0.2) is 18.2 Å². The van der Waals surface area contributed by atoms with Gasteiger partial charge in [-0.05, 0) is 18.9 Å². The number of nitrogens with two attached hydrogens (primary N) is 1. The van der Waals surface area contributed by atoms with Gasteiger partial charge < -0.3 is 19.9 Å². The van der Waals surface area contributed by atoms with E-state index in [0.717, 1.165) is 19.4 Å². The molecule has 1 saturated heterocycles. The standard InChI is InChI=1S/C14H20FNO3/c1-17-12-5-2-4-11(13(12)15)8-19-14(9-16)6-3-7-18-10-14/h2,4-5H,3,6-10,16H2,1H3. The summed E-state index contributed by atoms with van der Waals surface area (Å²) in [6, 6.07) is 5.01. The lowest BCUT2D eigenvalue weighted by Gasteiger charge is -2.35. The number of halogens is 1. The maximum atomic E-state index is 14.0. The predicted octanol–water partition coefficient (Wildman–Crippen LogP) is 1.86. The molecule has 106 valence electrons. The summed E-state index contributed by atoms with van der Waals surface area (Å²) in [5.74, 6) is -0.156. The third kappa shape index (κ3) is 3.23. The SMILES string of the molecule is COc1cccc(COC2(CN)CCCOC2)c1F. The smallest absolute Gasteiger partial charge is 0.170 e. The van der Waals surface area contributed by atoms with Crippen LogP contribution >= 0.6 is 0 Å². The summed E-state index contributed by atoms with van der Waals surface area (Å²) in [4.78, 5) is 0. The Morgan fingerprint density at radius 3 is 2.95 bits per heavy atom. The molecule has 1 aromatic rings. The molecule has 1 atom stereocenters. The molecule has 1 fully saturated rings. The Bertz CT molecular complexity index is 419. The monoisotopic (exact) mass is 269 g/mol. The van der Waals surface area contributed by atoms with E-state index in [2.05, 4.69) is 0 Å². The first-order valence-electron chi connectivity index (χ1n) is 6.44. The third-order valence-corrected chi connectivity index (χ3v) is 3.46. The molecule has 4 nitrogen and oxygen atoms in total. The molecule has 0 spiro atoms. The molecule has 1 aliphatic heterocycles. The summed E-state index contributed by atoms with van der Waals surface area (Å²) in [6.45, 7) is 1.75. The molecule has 19 heavy (non-hydrogen) atoms. The van der Waals surface area contributed by atoms with Gasteiger partial charge in [0.2, 0.25) is 0 Å². The second-order valence-corrected chi connectivity index (χ2v) is 4.77. The Labute approximate surface area is 112 Å². The minimum atomic E-state index is -0.492. The van der Waals surface area contributed by atoms with Gasteiger partial charge in [0.15, 0.2) is 11.6 Å². The highest BCUT2D eigenvalue weighted by molar-refractivity contribution is 5.30.